The third kappa shape index (κ3) is 4.21. The van der Waals surface area contributed by atoms with Gasteiger partial charge < -0.3 is 14.2 Å². The number of ether oxygens (including phenoxy) is 3. The molecule has 0 N–H and O–H groups in total. The average molecular weight is 329 g/mol. The predicted octanol–water partition coefficient (Wildman–Crippen LogP) is 3.04. The molecule has 0 unspecified atom stereocenters. The molecule has 1 aromatic carbocycles. The van der Waals surface area contributed by atoms with E-state index in [2.05, 4.69) is 15.9 Å². The smallest absolute Gasteiger partial charge is 0.338 e. The second-order valence-electron chi connectivity index (χ2n) is 4.53. The van der Waals surface area contributed by atoms with Crippen molar-refractivity contribution in [1.29, 1.82) is 0 Å². The van der Waals surface area contributed by atoms with E-state index in [9.17, 15) is 4.79 Å². The summed E-state index contributed by atoms with van der Waals surface area (Å²) in [7, 11) is 1.37. The van der Waals surface area contributed by atoms with Crippen LogP contribution in [0.1, 0.15) is 23.2 Å². The summed E-state index contributed by atoms with van der Waals surface area (Å²) in [5.74, 6) is 0.841. The zero-order chi connectivity index (χ0) is 13.7. The van der Waals surface area contributed by atoms with Gasteiger partial charge in [0.2, 0.25) is 0 Å². The lowest BCUT2D eigenvalue weighted by atomic mass is 10.0. The van der Waals surface area contributed by atoms with E-state index < -0.39 is 0 Å². The molecule has 1 aliphatic heterocycles. The third-order valence-electron chi connectivity index (χ3n) is 3.12. The summed E-state index contributed by atoms with van der Waals surface area (Å²) in [6, 6.07) is 5.27. The van der Waals surface area contributed by atoms with Crippen LogP contribution >= 0.6 is 15.9 Å². The Labute approximate surface area is 121 Å². The highest BCUT2D eigenvalue weighted by atomic mass is 79.9. The molecule has 1 heterocycles. The van der Waals surface area contributed by atoms with Crippen molar-refractivity contribution in [3.05, 3.63) is 28.2 Å². The Bertz CT molecular complexity index is 441. The normalized spacial score (nSPS) is 16.1. The monoisotopic (exact) mass is 328 g/mol. The van der Waals surface area contributed by atoms with Crippen LogP contribution in [0.5, 0.6) is 5.75 Å². The lowest BCUT2D eigenvalue weighted by Gasteiger charge is -2.22. The second kappa shape index (κ2) is 6.91. The summed E-state index contributed by atoms with van der Waals surface area (Å²) in [6.45, 7) is 2.26. The highest BCUT2D eigenvalue weighted by Gasteiger charge is 2.15. The van der Waals surface area contributed by atoms with E-state index in [1.54, 1.807) is 12.1 Å². The zero-order valence-electron chi connectivity index (χ0n) is 10.9. The molecule has 19 heavy (non-hydrogen) atoms. The first-order valence-electron chi connectivity index (χ1n) is 6.28. The minimum atomic E-state index is -0.364. The van der Waals surface area contributed by atoms with E-state index in [1.807, 2.05) is 6.07 Å². The number of halogens is 1. The van der Waals surface area contributed by atoms with Crippen LogP contribution in [0.3, 0.4) is 0 Å². The maximum atomic E-state index is 11.5. The summed E-state index contributed by atoms with van der Waals surface area (Å²) >= 11 is 3.37. The number of hydrogen-bond donors (Lipinski definition) is 0. The molecule has 0 amide bonds. The Morgan fingerprint density at radius 2 is 2.11 bits per heavy atom. The topological polar surface area (TPSA) is 44.8 Å². The van der Waals surface area contributed by atoms with Gasteiger partial charge in [0, 0.05) is 17.7 Å². The second-order valence-corrected chi connectivity index (χ2v) is 5.45. The molecule has 2 rings (SSSR count). The number of esters is 1. The first-order chi connectivity index (χ1) is 9.19. The van der Waals surface area contributed by atoms with Crippen LogP contribution in [-0.4, -0.2) is 32.9 Å². The van der Waals surface area contributed by atoms with E-state index >= 15 is 0 Å². The van der Waals surface area contributed by atoms with Gasteiger partial charge in [0.05, 0.1) is 19.3 Å². The summed E-state index contributed by atoms with van der Waals surface area (Å²) < 4.78 is 16.6. The van der Waals surface area contributed by atoms with Crippen LogP contribution in [0.2, 0.25) is 0 Å². The molecule has 1 aromatic rings. The number of carbonyl (C=O) groups excluding carboxylic acids is 1. The van der Waals surface area contributed by atoms with E-state index in [0.29, 0.717) is 23.8 Å². The van der Waals surface area contributed by atoms with Crippen molar-refractivity contribution in [3.63, 3.8) is 0 Å². The van der Waals surface area contributed by atoms with Gasteiger partial charge in [-0.1, -0.05) is 15.9 Å². The molecule has 5 heteroatoms. The van der Waals surface area contributed by atoms with Crippen LogP contribution in [0.25, 0.3) is 0 Å². The Balaban J connectivity index is 1.99. The summed E-state index contributed by atoms with van der Waals surface area (Å²) in [5, 5.41) is 0. The van der Waals surface area contributed by atoms with Gasteiger partial charge in [-0.15, -0.1) is 0 Å². The number of carbonyl (C=O) groups is 1. The standard InChI is InChI=1S/C14H17BrO4/c1-17-14(16)11-6-12(15)8-13(7-11)19-9-10-2-4-18-5-3-10/h6-8,10H,2-5,9H2,1H3. The first kappa shape index (κ1) is 14.3. The Morgan fingerprint density at radius 3 is 2.79 bits per heavy atom. The molecule has 1 saturated heterocycles. The molecular weight excluding hydrogens is 312 g/mol. The molecule has 4 nitrogen and oxygen atoms in total. The minimum absolute atomic E-state index is 0.364. The average Bonchev–Trinajstić information content (AvgIpc) is 2.45. The van der Waals surface area contributed by atoms with Crippen molar-refractivity contribution in [2.45, 2.75) is 12.8 Å². The van der Waals surface area contributed by atoms with Crippen molar-refractivity contribution in [2.24, 2.45) is 5.92 Å². The predicted molar refractivity (Wildman–Crippen MR) is 74.5 cm³/mol. The Hall–Kier alpha value is -1.07. The van der Waals surface area contributed by atoms with Crippen LogP contribution < -0.4 is 4.74 Å². The van der Waals surface area contributed by atoms with Crippen molar-refractivity contribution < 1.29 is 19.0 Å². The Morgan fingerprint density at radius 1 is 1.37 bits per heavy atom. The molecule has 0 radical (unpaired) electrons. The number of rotatable bonds is 4. The molecule has 0 spiro atoms. The van der Waals surface area contributed by atoms with Gasteiger partial charge >= 0.3 is 5.97 Å². The highest BCUT2D eigenvalue weighted by molar-refractivity contribution is 9.10. The zero-order valence-corrected chi connectivity index (χ0v) is 12.4. The van der Waals surface area contributed by atoms with Gasteiger partial charge in [0.25, 0.3) is 0 Å². The largest absolute Gasteiger partial charge is 0.493 e. The maximum Gasteiger partial charge on any atom is 0.338 e. The molecule has 0 aliphatic carbocycles. The fourth-order valence-electron chi connectivity index (χ4n) is 2.01. The lowest BCUT2D eigenvalue weighted by Crippen LogP contribution is -2.21. The van der Waals surface area contributed by atoms with Crippen molar-refractivity contribution >= 4 is 21.9 Å². The summed E-state index contributed by atoms with van der Waals surface area (Å²) in [6.07, 6.45) is 2.05. The molecule has 104 valence electrons. The molecular formula is C14H17BrO4. The molecule has 0 atom stereocenters. The third-order valence-corrected chi connectivity index (χ3v) is 3.58. The lowest BCUT2D eigenvalue weighted by molar-refractivity contribution is 0.0497. The maximum absolute atomic E-state index is 11.5. The van der Waals surface area contributed by atoms with Gasteiger partial charge in [0.15, 0.2) is 0 Å². The van der Waals surface area contributed by atoms with Crippen LogP contribution in [-0.2, 0) is 9.47 Å². The quantitative estimate of drug-likeness (QED) is 0.797. The van der Waals surface area contributed by atoms with Crippen molar-refractivity contribution in [1.82, 2.24) is 0 Å². The van der Waals surface area contributed by atoms with E-state index in [0.717, 1.165) is 30.5 Å². The molecule has 0 saturated carbocycles. The molecule has 0 aromatic heterocycles. The number of methoxy groups -OCH3 is 1. The van der Waals surface area contributed by atoms with Gasteiger partial charge in [-0.05, 0) is 37.0 Å². The van der Waals surface area contributed by atoms with Crippen molar-refractivity contribution in [2.75, 3.05) is 26.9 Å². The SMILES string of the molecule is COC(=O)c1cc(Br)cc(OCC2CCOCC2)c1. The Kier molecular flexibility index (Phi) is 5.22. The van der Waals surface area contributed by atoms with Gasteiger partial charge in [-0.2, -0.15) is 0 Å². The van der Waals surface area contributed by atoms with E-state index in [1.165, 1.54) is 7.11 Å². The summed E-state index contributed by atoms with van der Waals surface area (Å²) in [5.41, 5.74) is 0.485. The first-order valence-corrected chi connectivity index (χ1v) is 7.08. The highest BCUT2D eigenvalue weighted by Crippen LogP contribution is 2.24. The van der Waals surface area contributed by atoms with E-state index in [-0.39, 0.29) is 5.97 Å². The van der Waals surface area contributed by atoms with Gasteiger partial charge in [-0.25, -0.2) is 4.79 Å². The van der Waals surface area contributed by atoms with Crippen LogP contribution in [0.15, 0.2) is 22.7 Å². The van der Waals surface area contributed by atoms with E-state index in [4.69, 9.17) is 14.2 Å². The van der Waals surface area contributed by atoms with Crippen molar-refractivity contribution in [3.8, 4) is 5.75 Å². The number of benzene rings is 1. The van der Waals surface area contributed by atoms with Crippen LogP contribution in [0.4, 0.5) is 0 Å². The summed E-state index contributed by atoms with van der Waals surface area (Å²) in [4.78, 5) is 11.5. The molecule has 1 aliphatic rings. The number of hydrogen-bond acceptors (Lipinski definition) is 4. The minimum Gasteiger partial charge on any atom is -0.493 e. The van der Waals surface area contributed by atoms with Crippen LogP contribution in [0, 0.1) is 5.92 Å². The molecule has 0 bridgehead atoms. The van der Waals surface area contributed by atoms with Gasteiger partial charge in [0.1, 0.15) is 5.75 Å². The fourth-order valence-corrected chi connectivity index (χ4v) is 2.48. The molecule has 1 fully saturated rings. The fraction of sp³-hybridized carbons (Fsp3) is 0.500. The van der Waals surface area contributed by atoms with Gasteiger partial charge in [-0.3, -0.25) is 0 Å².